The third kappa shape index (κ3) is 4.90. The van der Waals surface area contributed by atoms with Crippen LogP contribution in [0, 0.1) is 32.8 Å². The Kier molecular flexibility index (Phi) is 7.65. The molecule has 2 N–H and O–H groups in total. The molecule has 11 nitrogen and oxygen atoms in total. The van der Waals surface area contributed by atoms with Crippen LogP contribution < -0.4 is 14.8 Å². The number of nitrogens with zero attached hydrogens (tertiary/aromatic N) is 1. The minimum absolute atomic E-state index is 0.0833. The predicted molar refractivity (Wildman–Crippen MR) is 175 cm³/mol. The Bertz CT molecular complexity index is 1900. The van der Waals surface area contributed by atoms with Gasteiger partial charge in [-0.25, -0.2) is 0 Å². The number of nitro benzene ring substituents is 1. The highest BCUT2D eigenvalue weighted by molar-refractivity contribution is 7.86. The van der Waals surface area contributed by atoms with E-state index in [1.807, 2.05) is 50.2 Å². The largest absolute Gasteiger partial charge is 0.488 e. The van der Waals surface area contributed by atoms with Crippen molar-refractivity contribution in [3.63, 3.8) is 0 Å². The number of nitrogens with one attached hydrogen (secondary N) is 1. The molecule has 254 valence electrons. The third-order valence-electron chi connectivity index (χ3n) is 11.8. The van der Waals surface area contributed by atoms with Gasteiger partial charge in [0.25, 0.3) is 21.7 Å². The summed E-state index contributed by atoms with van der Waals surface area (Å²) < 4.78 is 46.9. The van der Waals surface area contributed by atoms with Crippen molar-refractivity contribution in [3.8, 4) is 11.5 Å². The first-order chi connectivity index (χ1) is 22.7. The summed E-state index contributed by atoms with van der Waals surface area (Å²) >= 11 is 0. The Hall–Kier alpha value is -4.00. The zero-order chi connectivity index (χ0) is 34.2. The standard InChI is InChI=1S/C36H40N2O9S/c1-21-10-15-30-34(2,3)32(39)29(47-48(43,44)24-13-11-23(12-14-24)38(41)42)18-36(30)35(21,4)17-26-28(45-20-22-8-6-5-7-9-22)16-25-27(31(26)46-36)19-37-33(25)40/h5-9,11-14,16,21,29-30,32,39H,10,15,17-20H2,1-4H3,(H,37,40)/t21-,29-,30-,32-,35+,36-/m0/s1. The van der Waals surface area contributed by atoms with Gasteiger partial charge in [0.05, 0.1) is 21.5 Å². The van der Waals surface area contributed by atoms with Gasteiger partial charge < -0.3 is 19.9 Å². The molecule has 0 bridgehead atoms. The lowest BCUT2D eigenvalue weighted by molar-refractivity contribution is -0.384. The van der Waals surface area contributed by atoms with Crippen LogP contribution in [0.25, 0.3) is 0 Å². The van der Waals surface area contributed by atoms with Gasteiger partial charge in [0.15, 0.2) is 0 Å². The van der Waals surface area contributed by atoms with Gasteiger partial charge in [-0.15, -0.1) is 0 Å². The number of rotatable bonds is 7. The minimum atomic E-state index is -4.43. The number of carbonyl (C=O) groups is 1. The predicted octanol–water partition coefficient (Wildman–Crippen LogP) is 5.71. The van der Waals surface area contributed by atoms with Gasteiger partial charge in [0.1, 0.15) is 29.8 Å². The van der Waals surface area contributed by atoms with Crippen molar-refractivity contribution < 1.29 is 36.9 Å². The maximum Gasteiger partial charge on any atom is 0.297 e. The summed E-state index contributed by atoms with van der Waals surface area (Å²) in [6, 6.07) is 16.1. The highest BCUT2D eigenvalue weighted by Gasteiger charge is 2.70. The molecule has 1 spiro atoms. The molecule has 2 saturated carbocycles. The summed E-state index contributed by atoms with van der Waals surface area (Å²) in [5.41, 5.74) is 0.521. The van der Waals surface area contributed by atoms with Crippen molar-refractivity contribution in [3.05, 3.63) is 93.0 Å². The Morgan fingerprint density at radius 1 is 1.06 bits per heavy atom. The summed E-state index contributed by atoms with van der Waals surface area (Å²) in [5.74, 6) is 0.921. The van der Waals surface area contributed by atoms with E-state index in [0.717, 1.165) is 53.8 Å². The van der Waals surface area contributed by atoms with Crippen LogP contribution in [-0.2, 0) is 33.9 Å². The number of non-ortho nitro benzene ring substituents is 1. The number of amides is 1. The fraction of sp³-hybridized carbons (Fsp3) is 0.472. The monoisotopic (exact) mass is 676 g/mol. The highest BCUT2D eigenvalue weighted by Crippen LogP contribution is 2.67. The lowest BCUT2D eigenvalue weighted by atomic mass is 9.43. The maximum atomic E-state index is 13.6. The zero-order valence-corrected chi connectivity index (χ0v) is 28.2. The Morgan fingerprint density at radius 2 is 1.77 bits per heavy atom. The molecule has 12 heteroatoms. The molecule has 0 saturated heterocycles. The van der Waals surface area contributed by atoms with Crippen molar-refractivity contribution >= 4 is 21.7 Å². The lowest BCUT2D eigenvalue weighted by Crippen LogP contribution is -2.73. The number of nitro groups is 1. The van der Waals surface area contributed by atoms with Crippen LogP contribution in [-0.4, -0.2) is 42.2 Å². The second kappa shape index (κ2) is 11.3. The Balaban J connectivity index is 1.32. The lowest BCUT2D eigenvalue weighted by Gasteiger charge is -2.67. The molecule has 3 aromatic carbocycles. The van der Waals surface area contributed by atoms with Crippen molar-refractivity contribution in [2.24, 2.45) is 22.7 Å². The van der Waals surface area contributed by atoms with Gasteiger partial charge in [-0.2, -0.15) is 8.42 Å². The second-order valence-corrected chi connectivity index (χ2v) is 16.2. The molecule has 6 atom stereocenters. The molecule has 0 radical (unpaired) electrons. The highest BCUT2D eigenvalue weighted by atomic mass is 32.2. The summed E-state index contributed by atoms with van der Waals surface area (Å²) in [6.07, 6.45) is -0.0532. The number of ether oxygens (including phenoxy) is 2. The average Bonchev–Trinajstić information content (AvgIpc) is 3.43. The fourth-order valence-corrected chi connectivity index (χ4v) is 9.97. The van der Waals surface area contributed by atoms with Gasteiger partial charge in [-0.05, 0) is 54.4 Å². The van der Waals surface area contributed by atoms with Gasteiger partial charge in [-0.1, -0.05) is 58.0 Å². The molecule has 0 aromatic heterocycles. The SMILES string of the molecule is C[C@H]1CC[C@H]2C(C)(C)[C@@H](O)[C@@H](OS(=O)(=O)c3ccc([N+](=O)[O-])cc3)C[C@]23Oc2c(c(OCc4ccccc4)cc4c2CNC4=O)C[C@]13C. The van der Waals surface area contributed by atoms with Gasteiger partial charge in [0, 0.05) is 47.6 Å². The van der Waals surface area contributed by atoms with Crippen molar-refractivity contribution in [2.45, 2.75) is 89.2 Å². The quantitative estimate of drug-likeness (QED) is 0.182. The molecule has 2 fully saturated rings. The van der Waals surface area contributed by atoms with Crippen LogP contribution in [0.3, 0.4) is 0 Å². The summed E-state index contributed by atoms with van der Waals surface area (Å²) in [5, 5.41) is 25.9. The molecule has 2 aliphatic carbocycles. The van der Waals surface area contributed by atoms with E-state index in [1.54, 1.807) is 0 Å². The van der Waals surface area contributed by atoms with Crippen LogP contribution in [0.1, 0.15) is 74.0 Å². The molecule has 3 aromatic rings. The number of benzene rings is 3. The molecular weight excluding hydrogens is 636 g/mol. The van der Waals surface area contributed by atoms with E-state index in [4.69, 9.17) is 13.7 Å². The number of hydrogen-bond donors (Lipinski definition) is 2. The summed E-state index contributed by atoms with van der Waals surface area (Å²) in [6.45, 7) is 8.84. The number of aliphatic hydroxyl groups excluding tert-OH is 1. The number of aliphatic hydroxyl groups is 1. The van der Waals surface area contributed by atoms with Crippen LogP contribution in [0.5, 0.6) is 11.5 Å². The number of fused-ring (bicyclic) bond motifs is 3. The first kappa shape index (κ1) is 32.5. The minimum Gasteiger partial charge on any atom is -0.488 e. The van der Waals surface area contributed by atoms with E-state index in [-0.39, 0.29) is 34.7 Å². The van der Waals surface area contributed by atoms with E-state index in [0.29, 0.717) is 36.6 Å². The van der Waals surface area contributed by atoms with Crippen LogP contribution in [0.15, 0.2) is 65.6 Å². The van der Waals surface area contributed by atoms with Crippen LogP contribution >= 0.6 is 0 Å². The van der Waals surface area contributed by atoms with Crippen molar-refractivity contribution in [1.29, 1.82) is 0 Å². The number of carbonyl (C=O) groups excluding carboxylic acids is 1. The molecular formula is C36H40N2O9S. The normalized spacial score (nSPS) is 30.1. The summed E-state index contributed by atoms with van der Waals surface area (Å²) in [4.78, 5) is 23.3. The first-order valence-corrected chi connectivity index (χ1v) is 17.8. The Labute approximate surface area is 279 Å². The fourth-order valence-electron chi connectivity index (χ4n) is 8.89. The molecule has 1 amide bonds. The second-order valence-electron chi connectivity index (χ2n) is 14.6. The molecule has 7 rings (SSSR count). The molecule has 4 aliphatic rings. The Morgan fingerprint density at radius 3 is 2.46 bits per heavy atom. The van der Waals surface area contributed by atoms with Crippen molar-refractivity contribution in [2.75, 3.05) is 0 Å². The smallest absolute Gasteiger partial charge is 0.297 e. The molecule has 2 heterocycles. The van der Waals surface area contributed by atoms with Gasteiger partial charge >= 0.3 is 0 Å². The zero-order valence-electron chi connectivity index (χ0n) is 27.4. The van der Waals surface area contributed by atoms with Crippen LogP contribution in [0.4, 0.5) is 5.69 Å². The first-order valence-electron chi connectivity index (χ1n) is 16.4. The van der Waals surface area contributed by atoms with E-state index in [1.165, 1.54) is 0 Å². The molecule has 0 unspecified atom stereocenters. The molecule has 48 heavy (non-hydrogen) atoms. The third-order valence-corrected chi connectivity index (χ3v) is 13.1. The topological polar surface area (TPSA) is 154 Å². The molecule has 2 aliphatic heterocycles. The van der Waals surface area contributed by atoms with Crippen molar-refractivity contribution in [1.82, 2.24) is 5.32 Å². The average molecular weight is 677 g/mol. The van der Waals surface area contributed by atoms with Gasteiger partial charge in [-0.3, -0.25) is 19.1 Å². The van der Waals surface area contributed by atoms with E-state index < -0.39 is 43.7 Å². The van der Waals surface area contributed by atoms with Gasteiger partial charge in [0.2, 0.25) is 0 Å². The number of hydrogen-bond acceptors (Lipinski definition) is 9. The maximum absolute atomic E-state index is 13.6. The summed E-state index contributed by atoms with van der Waals surface area (Å²) in [7, 11) is -4.43. The van der Waals surface area contributed by atoms with Crippen LogP contribution in [0.2, 0.25) is 0 Å². The van der Waals surface area contributed by atoms with E-state index in [9.17, 15) is 28.4 Å². The van der Waals surface area contributed by atoms with E-state index >= 15 is 0 Å². The van der Waals surface area contributed by atoms with E-state index in [2.05, 4.69) is 19.2 Å².